The fraction of sp³-hybridized carbons (Fsp3) is 0. The van der Waals surface area contributed by atoms with E-state index < -0.39 is 29.3 Å². The minimum Gasteiger partial charge on any atom is -0.267 e. The van der Waals surface area contributed by atoms with Crippen LogP contribution in [0.5, 0.6) is 0 Å². The Balaban J connectivity index is 2.01. The Kier molecular flexibility index (Phi) is 4.38. The Labute approximate surface area is 123 Å². The van der Waals surface area contributed by atoms with Gasteiger partial charge in [-0.1, -0.05) is 0 Å². The van der Waals surface area contributed by atoms with Crippen LogP contribution in [0.4, 0.5) is 8.78 Å². The molecule has 0 saturated heterocycles. The molecule has 2 amide bonds. The average molecular weight is 302 g/mol. The van der Waals surface area contributed by atoms with Crippen LogP contribution in [0, 0.1) is 23.2 Å². The van der Waals surface area contributed by atoms with Gasteiger partial charge in [0, 0.05) is 5.56 Å². The molecule has 1 aromatic heterocycles. The van der Waals surface area contributed by atoms with E-state index in [9.17, 15) is 18.4 Å². The zero-order valence-electron chi connectivity index (χ0n) is 10.9. The molecule has 2 aromatic rings. The number of nitrogens with zero attached hydrogens (tertiary/aromatic N) is 2. The molecule has 1 aromatic carbocycles. The van der Waals surface area contributed by atoms with Gasteiger partial charge in [-0.05, 0) is 36.4 Å². The number of carbonyl (C=O) groups excluding carboxylic acids is 2. The molecule has 0 bridgehead atoms. The molecular weight excluding hydrogens is 294 g/mol. The number of aromatic nitrogens is 1. The van der Waals surface area contributed by atoms with E-state index in [4.69, 9.17) is 5.26 Å². The molecule has 0 aliphatic rings. The van der Waals surface area contributed by atoms with Gasteiger partial charge in [0.2, 0.25) is 11.9 Å². The molecule has 2 N–H and O–H groups in total. The van der Waals surface area contributed by atoms with Crippen LogP contribution in [-0.4, -0.2) is 16.8 Å². The number of benzene rings is 1. The number of hydrogen-bond donors (Lipinski definition) is 2. The van der Waals surface area contributed by atoms with Crippen LogP contribution in [0.15, 0.2) is 36.4 Å². The maximum Gasteiger partial charge on any atom is 0.274 e. The van der Waals surface area contributed by atoms with Crippen molar-refractivity contribution in [3.63, 3.8) is 0 Å². The van der Waals surface area contributed by atoms with E-state index in [1.165, 1.54) is 24.3 Å². The van der Waals surface area contributed by atoms with Gasteiger partial charge in [-0.15, -0.1) is 0 Å². The summed E-state index contributed by atoms with van der Waals surface area (Å²) in [6.07, 6.45) is 0. The first-order chi connectivity index (χ1) is 10.5. The minimum atomic E-state index is -1.29. The van der Waals surface area contributed by atoms with Crippen molar-refractivity contribution in [1.82, 2.24) is 15.8 Å². The van der Waals surface area contributed by atoms with E-state index >= 15 is 0 Å². The molecule has 0 aliphatic carbocycles. The van der Waals surface area contributed by atoms with Crippen molar-refractivity contribution < 1.29 is 18.4 Å². The lowest BCUT2D eigenvalue weighted by molar-refractivity contribution is 0.0843. The molecule has 1 heterocycles. The molecule has 6 nitrogen and oxygen atoms in total. The number of pyridine rings is 1. The molecule has 0 atom stereocenters. The first-order valence-corrected chi connectivity index (χ1v) is 5.94. The number of hydrazine groups is 1. The van der Waals surface area contributed by atoms with Gasteiger partial charge in [0.25, 0.3) is 11.8 Å². The summed E-state index contributed by atoms with van der Waals surface area (Å²) in [5, 5.41) is 8.64. The van der Waals surface area contributed by atoms with Crippen molar-refractivity contribution in [3.05, 3.63) is 65.0 Å². The third kappa shape index (κ3) is 3.40. The molecule has 0 saturated carbocycles. The van der Waals surface area contributed by atoms with E-state index in [1.807, 2.05) is 11.5 Å². The Morgan fingerprint density at radius 3 is 2.23 bits per heavy atom. The molecule has 22 heavy (non-hydrogen) atoms. The van der Waals surface area contributed by atoms with E-state index in [0.29, 0.717) is 5.56 Å². The first kappa shape index (κ1) is 15.1. The molecular formula is C14H8F2N4O2. The van der Waals surface area contributed by atoms with E-state index in [0.717, 1.165) is 12.1 Å². The van der Waals surface area contributed by atoms with Gasteiger partial charge in [0.1, 0.15) is 0 Å². The van der Waals surface area contributed by atoms with Crippen molar-refractivity contribution in [2.45, 2.75) is 0 Å². The number of carbonyl (C=O) groups is 2. The summed E-state index contributed by atoms with van der Waals surface area (Å²) < 4.78 is 25.9. The number of halogens is 2. The zero-order chi connectivity index (χ0) is 16.1. The SMILES string of the molecule is N#Cc1ccc(C(=O)NNC(=O)c2ccc(F)nc2F)cc1. The number of amides is 2. The standard InChI is InChI=1S/C14H8F2N4O2/c15-11-6-5-10(12(16)18-11)14(22)20-19-13(21)9-3-1-8(7-17)2-4-9/h1-6H,(H,19,21)(H,20,22). The maximum absolute atomic E-state index is 13.3. The first-order valence-electron chi connectivity index (χ1n) is 5.94. The molecule has 2 rings (SSSR count). The lowest BCUT2D eigenvalue weighted by Crippen LogP contribution is -2.42. The van der Waals surface area contributed by atoms with Gasteiger partial charge in [0.05, 0.1) is 17.2 Å². The predicted octanol–water partition coefficient (Wildman–Crippen LogP) is 1.31. The summed E-state index contributed by atoms with van der Waals surface area (Å²) in [5.74, 6) is -3.99. The summed E-state index contributed by atoms with van der Waals surface area (Å²) in [4.78, 5) is 26.2. The maximum atomic E-state index is 13.3. The summed E-state index contributed by atoms with van der Waals surface area (Å²) in [6, 6.07) is 9.26. The summed E-state index contributed by atoms with van der Waals surface area (Å²) >= 11 is 0. The number of nitriles is 1. The molecule has 8 heteroatoms. The van der Waals surface area contributed by atoms with Crippen LogP contribution < -0.4 is 10.9 Å². The Morgan fingerprint density at radius 1 is 1.00 bits per heavy atom. The van der Waals surface area contributed by atoms with Crippen molar-refractivity contribution in [2.24, 2.45) is 0 Å². The highest BCUT2D eigenvalue weighted by atomic mass is 19.1. The molecule has 0 spiro atoms. The molecule has 0 aliphatic heterocycles. The predicted molar refractivity (Wildman–Crippen MR) is 70.2 cm³/mol. The van der Waals surface area contributed by atoms with Gasteiger partial charge >= 0.3 is 0 Å². The van der Waals surface area contributed by atoms with Crippen molar-refractivity contribution in [2.75, 3.05) is 0 Å². The fourth-order valence-electron chi connectivity index (χ4n) is 1.53. The Bertz CT molecular complexity index is 769. The quantitative estimate of drug-likeness (QED) is 0.646. The lowest BCUT2D eigenvalue weighted by Gasteiger charge is -2.07. The van der Waals surface area contributed by atoms with Crippen molar-refractivity contribution in [3.8, 4) is 6.07 Å². The second-order valence-corrected chi connectivity index (χ2v) is 4.07. The number of rotatable bonds is 2. The van der Waals surface area contributed by atoms with Gasteiger partial charge in [-0.25, -0.2) is 0 Å². The van der Waals surface area contributed by atoms with Gasteiger partial charge < -0.3 is 0 Å². The monoisotopic (exact) mass is 302 g/mol. The topological polar surface area (TPSA) is 94.9 Å². The van der Waals surface area contributed by atoms with Crippen LogP contribution >= 0.6 is 0 Å². The third-order valence-corrected chi connectivity index (χ3v) is 2.63. The van der Waals surface area contributed by atoms with Crippen LogP contribution in [0.3, 0.4) is 0 Å². The van der Waals surface area contributed by atoms with E-state index in [-0.39, 0.29) is 5.56 Å². The zero-order valence-corrected chi connectivity index (χ0v) is 10.9. The molecule has 0 fully saturated rings. The Hall–Kier alpha value is -3.34. The highest BCUT2D eigenvalue weighted by molar-refractivity contribution is 5.99. The normalized spacial score (nSPS) is 9.68. The van der Waals surface area contributed by atoms with Gasteiger partial charge in [-0.3, -0.25) is 20.4 Å². The Morgan fingerprint density at radius 2 is 1.64 bits per heavy atom. The van der Waals surface area contributed by atoms with Crippen LogP contribution in [-0.2, 0) is 0 Å². The smallest absolute Gasteiger partial charge is 0.267 e. The van der Waals surface area contributed by atoms with Crippen LogP contribution in [0.2, 0.25) is 0 Å². The second-order valence-electron chi connectivity index (χ2n) is 4.07. The van der Waals surface area contributed by atoms with Crippen molar-refractivity contribution in [1.29, 1.82) is 5.26 Å². The summed E-state index contributed by atoms with van der Waals surface area (Å²) in [5.41, 5.74) is 4.10. The van der Waals surface area contributed by atoms with Gasteiger partial charge in [-0.2, -0.15) is 19.0 Å². The number of nitrogens with one attached hydrogen (secondary N) is 2. The molecule has 110 valence electrons. The largest absolute Gasteiger partial charge is 0.274 e. The fourth-order valence-corrected chi connectivity index (χ4v) is 1.53. The third-order valence-electron chi connectivity index (χ3n) is 2.63. The highest BCUT2D eigenvalue weighted by Gasteiger charge is 2.15. The lowest BCUT2D eigenvalue weighted by atomic mass is 10.1. The van der Waals surface area contributed by atoms with E-state index in [2.05, 4.69) is 10.4 Å². The van der Waals surface area contributed by atoms with Gasteiger partial charge in [0.15, 0.2) is 0 Å². The van der Waals surface area contributed by atoms with Crippen molar-refractivity contribution >= 4 is 11.8 Å². The van der Waals surface area contributed by atoms with Crippen LogP contribution in [0.25, 0.3) is 0 Å². The summed E-state index contributed by atoms with van der Waals surface area (Å²) in [7, 11) is 0. The average Bonchev–Trinajstić information content (AvgIpc) is 2.52. The number of hydrogen-bond acceptors (Lipinski definition) is 4. The van der Waals surface area contributed by atoms with Crippen LogP contribution in [0.1, 0.15) is 26.3 Å². The second kappa shape index (κ2) is 6.41. The highest BCUT2D eigenvalue weighted by Crippen LogP contribution is 2.05. The minimum absolute atomic E-state index is 0.192. The summed E-state index contributed by atoms with van der Waals surface area (Å²) in [6.45, 7) is 0. The molecule has 0 unspecified atom stereocenters. The van der Waals surface area contributed by atoms with E-state index in [1.54, 1.807) is 0 Å². The molecule has 0 radical (unpaired) electrons.